The molecule has 0 N–H and O–H groups in total. The molecule has 2 unspecified atom stereocenters. The van der Waals surface area contributed by atoms with Gasteiger partial charge in [0.25, 0.3) is 0 Å². The maximum atomic E-state index is 11.0. The number of nitrogens with zero attached hydrogens (tertiary/aromatic N) is 1. The van der Waals surface area contributed by atoms with Crippen LogP contribution in [0.25, 0.3) is 0 Å². The maximum absolute atomic E-state index is 11.0. The Balaban J connectivity index is 4.33. The molecule has 15 heavy (non-hydrogen) atoms. The van der Waals surface area contributed by atoms with Gasteiger partial charge >= 0.3 is 0 Å². The predicted octanol–water partition coefficient (Wildman–Crippen LogP) is 3.23. The zero-order valence-corrected chi connectivity index (χ0v) is 10.6. The molecule has 2 atom stereocenters. The van der Waals surface area contributed by atoms with Crippen LogP contribution in [0.15, 0.2) is 12.7 Å². The van der Waals surface area contributed by atoms with Crippen molar-refractivity contribution in [1.82, 2.24) is 4.90 Å². The number of hydrogen-bond acceptors (Lipinski definition) is 1. The van der Waals surface area contributed by atoms with E-state index in [1.165, 1.54) is 6.42 Å². The van der Waals surface area contributed by atoms with Crippen molar-refractivity contribution >= 4 is 6.41 Å². The lowest BCUT2D eigenvalue weighted by atomic mass is 10.00. The fraction of sp³-hybridized carbons (Fsp3) is 0.769. The molecule has 2 heteroatoms. The summed E-state index contributed by atoms with van der Waals surface area (Å²) < 4.78 is 0. The van der Waals surface area contributed by atoms with Gasteiger partial charge in [-0.05, 0) is 32.1 Å². The van der Waals surface area contributed by atoms with Crippen molar-refractivity contribution in [3.05, 3.63) is 12.7 Å². The van der Waals surface area contributed by atoms with Crippen molar-refractivity contribution in [2.24, 2.45) is 5.92 Å². The predicted molar refractivity (Wildman–Crippen MR) is 65.7 cm³/mol. The molecule has 88 valence electrons. The summed E-state index contributed by atoms with van der Waals surface area (Å²) in [6, 6.07) is 0.498. The highest BCUT2D eigenvalue weighted by Gasteiger charge is 2.18. The molecule has 0 bridgehead atoms. The lowest BCUT2D eigenvalue weighted by Crippen LogP contribution is -2.39. The van der Waals surface area contributed by atoms with Crippen LogP contribution in [-0.2, 0) is 4.79 Å². The van der Waals surface area contributed by atoms with Gasteiger partial charge in [0, 0.05) is 12.1 Å². The van der Waals surface area contributed by atoms with E-state index < -0.39 is 0 Å². The zero-order valence-electron chi connectivity index (χ0n) is 10.6. The monoisotopic (exact) mass is 211 g/mol. The smallest absolute Gasteiger partial charge is 0.210 e. The van der Waals surface area contributed by atoms with Crippen molar-refractivity contribution in [3.63, 3.8) is 0 Å². The van der Waals surface area contributed by atoms with Crippen LogP contribution < -0.4 is 0 Å². The maximum Gasteiger partial charge on any atom is 0.210 e. The van der Waals surface area contributed by atoms with Gasteiger partial charge in [0.05, 0.1) is 0 Å². The third kappa shape index (κ3) is 5.01. The SMILES string of the molecule is C=CC(C)N(C=O)C(CC)CCC(C)C. The van der Waals surface area contributed by atoms with E-state index in [2.05, 4.69) is 27.4 Å². The van der Waals surface area contributed by atoms with Gasteiger partial charge in [-0.15, -0.1) is 6.58 Å². The van der Waals surface area contributed by atoms with Crippen molar-refractivity contribution in [3.8, 4) is 0 Å². The van der Waals surface area contributed by atoms with E-state index in [4.69, 9.17) is 0 Å². The first-order chi connectivity index (χ1) is 7.06. The largest absolute Gasteiger partial charge is 0.336 e. The normalized spacial score (nSPS) is 14.7. The molecule has 0 rings (SSSR count). The van der Waals surface area contributed by atoms with Gasteiger partial charge in [-0.2, -0.15) is 0 Å². The second kappa shape index (κ2) is 7.49. The molecule has 2 nitrogen and oxygen atoms in total. The molecule has 0 aromatic carbocycles. The third-order valence-electron chi connectivity index (χ3n) is 2.90. The molecule has 0 aromatic rings. The van der Waals surface area contributed by atoms with Crippen molar-refractivity contribution in [2.45, 2.75) is 59.0 Å². The Morgan fingerprint density at radius 1 is 1.27 bits per heavy atom. The summed E-state index contributed by atoms with van der Waals surface area (Å²) in [5.74, 6) is 0.701. The number of amides is 1. The molecule has 0 aromatic heterocycles. The summed E-state index contributed by atoms with van der Waals surface area (Å²) in [6.07, 6.45) is 6.06. The van der Waals surface area contributed by atoms with Gasteiger partial charge in [0.15, 0.2) is 0 Å². The number of carbonyl (C=O) groups is 1. The summed E-state index contributed by atoms with van der Waals surface area (Å²) in [6.45, 7) is 12.3. The molecule has 0 aliphatic carbocycles. The zero-order chi connectivity index (χ0) is 11.8. The molecule has 0 radical (unpaired) electrons. The summed E-state index contributed by atoms with van der Waals surface area (Å²) in [5, 5.41) is 0. The molecular formula is C13H25NO. The summed E-state index contributed by atoms with van der Waals surface area (Å²) >= 11 is 0. The van der Waals surface area contributed by atoms with E-state index in [-0.39, 0.29) is 6.04 Å². The van der Waals surface area contributed by atoms with Crippen LogP contribution in [0.2, 0.25) is 0 Å². The Morgan fingerprint density at radius 3 is 2.20 bits per heavy atom. The van der Waals surface area contributed by atoms with Crippen molar-refractivity contribution < 1.29 is 4.79 Å². The minimum Gasteiger partial charge on any atom is -0.336 e. The molecular weight excluding hydrogens is 186 g/mol. The van der Waals surface area contributed by atoms with Crippen molar-refractivity contribution in [2.75, 3.05) is 0 Å². The summed E-state index contributed by atoms with van der Waals surface area (Å²) in [7, 11) is 0. The van der Waals surface area contributed by atoms with E-state index in [1.807, 2.05) is 17.9 Å². The van der Waals surface area contributed by atoms with E-state index in [0.29, 0.717) is 12.0 Å². The number of carbonyl (C=O) groups excluding carboxylic acids is 1. The summed E-state index contributed by atoms with van der Waals surface area (Å²) in [4.78, 5) is 12.9. The van der Waals surface area contributed by atoms with Gasteiger partial charge in [0.1, 0.15) is 0 Å². The van der Waals surface area contributed by atoms with Crippen LogP contribution in [0.1, 0.15) is 47.0 Å². The second-order valence-corrected chi connectivity index (χ2v) is 4.56. The van der Waals surface area contributed by atoms with E-state index in [1.54, 1.807) is 0 Å². The highest BCUT2D eigenvalue weighted by molar-refractivity contribution is 5.49. The molecule has 0 aliphatic heterocycles. The third-order valence-corrected chi connectivity index (χ3v) is 2.90. The first-order valence-corrected chi connectivity index (χ1v) is 5.92. The standard InChI is InChI=1S/C13H25NO/c1-6-12(5)14(10-15)13(7-2)9-8-11(3)4/h6,10-13H,1,7-9H2,2-5H3. The van der Waals surface area contributed by atoms with Gasteiger partial charge in [-0.3, -0.25) is 4.79 Å². The average molecular weight is 211 g/mol. The van der Waals surface area contributed by atoms with Crippen LogP contribution in [0.5, 0.6) is 0 Å². The fourth-order valence-electron chi connectivity index (χ4n) is 1.73. The van der Waals surface area contributed by atoms with E-state index in [0.717, 1.165) is 19.3 Å². The van der Waals surface area contributed by atoms with Crippen LogP contribution >= 0.6 is 0 Å². The van der Waals surface area contributed by atoms with Crippen LogP contribution in [0, 0.1) is 5.92 Å². The van der Waals surface area contributed by atoms with Gasteiger partial charge in [0.2, 0.25) is 6.41 Å². The Morgan fingerprint density at radius 2 is 1.87 bits per heavy atom. The number of rotatable bonds is 8. The van der Waals surface area contributed by atoms with Gasteiger partial charge < -0.3 is 4.90 Å². The Bertz CT molecular complexity index is 189. The molecule has 0 saturated carbocycles. The molecule has 1 amide bonds. The summed E-state index contributed by atoms with van der Waals surface area (Å²) in [5.41, 5.74) is 0. The average Bonchev–Trinajstić information content (AvgIpc) is 2.22. The quantitative estimate of drug-likeness (QED) is 0.446. The number of hydrogen-bond donors (Lipinski definition) is 0. The van der Waals surface area contributed by atoms with Crippen LogP contribution in [-0.4, -0.2) is 23.4 Å². The first-order valence-electron chi connectivity index (χ1n) is 5.92. The van der Waals surface area contributed by atoms with E-state index in [9.17, 15) is 4.79 Å². The van der Waals surface area contributed by atoms with Gasteiger partial charge in [-0.1, -0.05) is 26.8 Å². The first kappa shape index (κ1) is 14.2. The van der Waals surface area contributed by atoms with Crippen molar-refractivity contribution in [1.29, 1.82) is 0 Å². The molecule has 0 heterocycles. The minimum atomic E-state index is 0.139. The Kier molecular flexibility index (Phi) is 7.10. The van der Waals surface area contributed by atoms with Gasteiger partial charge in [-0.25, -0.2) is 0 Å². The molecule has 0 aliphatic rings. The lowest BCUT2D eigenvalue weighted by Gasteiger charge is -2.31. The topological polar surface area (TPSA) is 20.3 Å². The van der Waals surface area contributed by atoms with Crippen LogP contribution in [0.4, 0.5) is 0 Å². The Labute approximate surface area is 94.4 Å². The van der Waals surface area contributed by atoms with Crippen LogP contribution in [0.3, 0.4) is 0 Å². The molecule has 0 fully saturated rings. The highest BCUT2D eigenvalue weighted by Crippen LogP contribution is 2.16. The molecule has 0 saturated heterocycles. The molecule has 0 spiro atoms. The Hall–Kier alpha value is -0.790. The lowest BCUT2D eigenvalue weighted by molar-refractivity contribution is -0.121. The fourth-order valence-corrected chi connectivity index (χ4v) is 1.73. The minimum absolute atomic E-state index is 0.139. The van der Waals surface area contributed by atoms with E-state index >= 15 is 0 Å². The highest BCUT2D eigenvalue weighted by atomic mass is 16.1. The second-order valence-electron chi connectivity index (χ2n) is 4.56.